The van der Waals surface area contributed by atoms with E-state index in [2.05, 4.69) is 14.7 Å². The number of nitrogens with two attached hydrogens (primary N) is 1. The molecule has 20 heavy (non-hydrogen) atoms. The molecule has 1 heterocycles. The summed E-state index contributed by atoms with van der Waals surface area (Å²) in [6, 6.07) is 5.79. The molecule has 102 valence electrons. The first-order valence-electron chi connectivity index (χ1n) is 4.83. The van der Waals surface area contributed by atoms with Crippen LogP contribution < -0.4 is 40.0 Å². The maximum absolute atomic E-state index is 12.0. The summed E-state index contributed by atoms with van der Waals surface area (Å²) in [5, 5.41) is 0.104. The van der Waals surface area contributed by atoms with Crippen LogP contribution in [0.1, 0.15) is 0 Å². The van der Waals surface area contributed by atoms with Gasteiger partial charge < -0.3 is 11.2 Å². The molecule has 0 aliphatic carbocycles. The number of halogens is 1. The van der Waals surface area contributed by atoms with E-state index in [0.717, 1.165) is 0 Å². The molecule has 0 radical (unpaired) electrons. The van der Waals surface area contributed by atoms with Crippen molar-refractivity contribution >= 4 is 33.1 Å². The topological polar surface area (TPSA) is 129 Å². The molecule has 5 N–H and O–H groups in total. The minimum atomic E-state index is -3.71. The Hall–Kier alpha value is -0.900. The molecule has 0 spiro atoms. The molecule has 0 aliphatic rings. The van der Waals surface area contributed by atoms with Crippen molar-refractivity contribution in [3.05, 3.63) is 41.8 Å². The molecular weight excluding hydrogens is 315 g/mol. The van der Waals surface area contributed by atoms with Crippen LogP contribution in [-0.4, -0.2) is 23.9 Å². The summed E-state index contributed by atoms with van der Waals surface area (Å²) in [7, 11) is -3.71. The molecule has 10 heteroatoms. The van der Waals surface area contributed by atoms with Gasteiger partial charge in [0.2, 0.25) is 0 Å². The van der Waals surface area contributed by atoms with Gasteiger partial charge in [-0.1, -0.05) is 11.6 Å². The van der Waals surface area contributed by atoms with Gasteiger partial charge in [0.05, 0.1) is 17.3 Å². The predicted octanol–water partition coefficient (Wildman–Crippen LogP) is -2.31. The van der Waals surface area contributed by atoms with E-state index in [9.17, 15) is 8.42 Å². The first-order chi connectivity index (χ1) is 8.47. The molecule has 2 rings (SSSR count). The van der Waals surface area contributed by atoms with E-state index in [1.807, 2.05) is 0 Å². The molecule has 0 atom stereocenters. The minimum Gasteiger partial charge on any atom is -0.412 e. The van der Waals surface area contributed by atoms with E-state index in [4.69, 9.17) is 17.3 Å². The molecule has 1 aromatic heterocycles. The third-order valence-corrected chi connectivity index (χ3v) is 3.59. The number of aromatic nitrogens is 2. The van der Waals surface area contributed by atoms with Crippen molar-refractivity contribution in [3.63, 3.8) is 0 Å². The van der Waals surface area contributed by atoms with Gasteiger partial charge in [0.1, 0.15) is 5.15 Å². The number of hydrogen-bond donors (Lipinski definition) is 2. The standard InChI is InChI=1S/C10H9ClN4O2S.Na.H2O/c11-9-5-13-6-10(14-9)15-18(16,17)8-3-1-7(12)2-4-8;;/h1-6H,12H2,(H,14,15);;1H2/q;+1;. The molecule has 0 bridgehead atoms. The van der Waals surface area contributed by atoms with Crippen LogP contribution >= 0.6 is 11.6 Å². The molecule has 0 saturated heterocycles. The summed E-state index contributed by atoms with van der Waals surface area (Å²) >= 11 is 5.62. The van der Waals surface area contributed by atoms with Crippen LogP contribution in [0, 0.1) is 0 Å². The monoisotopic (exact) mass is 325 g/mol. The number of sulfonamides is 1. The van der Waals surface area contributed by atoms with Crippen molar-refractivity contribution in [1.29, 1.82) is 0 Å². The fourth-order valence-corrected chi connectivity index (χ4v) is 2.37. The first kappa shape index (κ1) is 19.1. The number of nitrogens with zero attached hydrogens (tertiary/aromatic N) is 2. The minimum absolute atomic E-state index is 0. The molecule has 0 saturated carbocycles. The van der Waals surface area contributed by atoms with Crippen LogP contribution in [0.25, 0.3) is 0 Å². The largest absolute Gasteiger partial charge is 1.00 e. The number of nitrogen functional groups attached to an aromatic ring is 1. The molecule has 0 amide bonds. The third kappa shape index (κ3) is 4.89. The zero-order valence-corrected chi connectivity index (χ0v) is 14.1. The van der Waals surface area contributed by atoms with Gasteiger partial charge in [-0.25, -0.2) is 13.4 Å². The molecule has 0 fully saturated rings. The zero-order valence-electron chi connectivity index (χ0n) is 10.5. The Morgan fingerprint density at radius 2 is 1.75 bits per heavy atom. The van der Waals surface area contributed by atoms with E-state index < -0.39 is 10.0 Å². The van der Waals surface area contributed by atoms with Crippen LogP contribution in [0.15, 0.2) is 41.6 Å². The normalized spacial score (nSPS) is 10.1. The van der Waals surface area contributed by atoms with Crippen LogP contribution in [0.2, 0.25) is 5.15 Å². The van der Waals surface area contributed by atoms with E-state index in [-0.39, 0.29) is 50.9 Å². The Balaban J connectivity index is 0.00000180. The Kier molecular flexibility index (Phi) is 7.42. The van der Waals surface area contributed by atoms with Crippen LogP contribution in [0.5, 0.6) is 0 Å². The molecule has 7 nitrogen and oxygen atoms in total. The Bertz CT molecular complexity index is 666. The maximum Gasteiger partial charge on any atom is 1.00 e. The molecule has 2 aromatic rings. The van der Waals surface area contributed by atoms with Crippen molar-refractivity contribution in [2.45, 2.75) is 4.90 Å². The van der Waals surface area contributed by atoms with Gasteiger partial charge in [-0.15, -0.1) is 0 Å². The summed E-state index contributed by atoms with van der Waals surface area (Å²) in [6.07, 6.45) is 2.57. The summed E-state index contributed by atoms with van der Waals surface area (Å²) in [4.78, 5) is 7.61. The van der Waals surface area contributed by atoms with Crippen molar-refractivity contribution < 1.29 is 43.5 Å². The average molecular weight is 326 g/mol. The summed E-state index contributed by atoms with van der Waals surface area (Å²) < 4.78 is 26.2. The van der Waals surface area contributed by atoms with E-state index in [1.165, 1.54) is 36.7 Å². The fourth-order valence-electron chi connectivity index (χ4n) is 1.23. The molecule has 1 aromatic carbocycles. The average Bonchev–Trinajstić information content (AvgIpc) is 2.29. The molecular formula is C10H11ClN4NaO3S+. The van der Waals surface area contributed by atoms with Gasteiger partial charge in [-0.2, -0.15) is 0 Å². The number of nitrogens with one attached hydrogen (secondary N) is 1. The van der Waals surface area contributed by atoms with Crippen LogP contribution in [0.3, 0.4) is 0 Å². The second-order valence-electron chi connectivity index (χ2n) is 3.40. The van der Waals surface area contributed by atoms with Crippen molar-refractivity contribution in [2.24, 2.45) is 0 Å². The van der Waals surface area contributed by atoms with Crippen LogP contribution in [-0.2, 0) is 10.0 Å². The van der Waals surface area contributed by atoms with Gasteiger partial charge in [0.25, 0.3) is 10.0 Å². The summed E-state index contributed by atoms with van der Waals surface area (Å²) in [5.74, 6) is 0.0549. The number of rotatable bonds is 3. The van der Waals surface area contributed by atoms with Crippen molar-refractivity contribution in [3.8, 4) is 0 Å². The maximum atomic E-state index is 12.0. The third-order valence-electron chi connectivity index (χ3n) is 2.03. The SMILES string of the molecule is Nc1ccc(S(=O)(=O)Nc2cncc(Cl)n2)cc1.O.[Na+]. The first-order valence-corrected chi connectivity index (χ1v) is 6.69. The van der Waals surface area contributed by atoms with Gasteiger partial charge in [0.15, 0.2) is 5.82 Å². The summed E-state index contributed by atoms with van der Waals surface area (Å²) in [6.45, 7) is 0. The van der Waals surface area contributed by atoms with Gasteiger partial charge in [0, 0.05) is 5.69 Å². The van der Waals surface area contributed by atoms with Crippen molar-refractivity contribution in [1.82, 2.24) is 9.97 Å². The Labute approximate surface area is 143 Å². The quantitative estimate of drug-likeness (QED) is 0.484. The second-order valence-corrected chi connectivity index (χ2v) is 5.47. The van der Waals surface area contributed by atoms with E-state index in [1.54, 1.807) is 0 Å². The van der Waals surface area contributed by atoms with Gasteiger partial charge >= 0.3 is 29.6 Å². The predicted molar refractivity (Wildman–Crippen MR) is 72.3 cm³/mol. The number of hydrogen-bond acceptors (Lipinski definition) is 5. The Morgan fingerprint density at radius 3 is 2.30 bits per heavy atom. The number of anilines is 2. The van der Waals surface area contributed by atoms with Gasteiger partial charge in [-0.05, 0) is 24.3 Å². The molecule has 0 aliphatic heterocycles. The molecule has 0 unspecified atom stereocenters. The smallest absolute Gasteiger partial charge is 0.412 e. The fraction of sp³-hybridized carbons (Fsp3) is 0. The van der Waals surface area contributed by atoms with E-state index in [0.29, 0.717) is 5.69 Å². The second kappa shape index (κ2) is 7.77. The Morgan fingerprint density at radius 1 is 1.15 bits per heavy atom. The summed E-state index contributed by atoms with van der Waals surface area (Å²) in [5.41, 5.74) is 5.97. The van der Waals surface area contributed by atoms with Gasteiger partial charge in [-0.3, -0.25) is 9.71 Å². The van der Waals surface area contributed by atoms with Crippen molar-refractivity contribution in [2.75, 3.05) is 10.5 Å². The number of benzene rings is 1. The zero-order chi connectivity index (χ0) is 13.2. The van der Waals surface area contributed by atoms with E-state index >= 15 is 0 Å². The van der Waals surface area contributed by atoms with Crippen LogP contribution in [0.4, 0.5) is 11.5 Å².